The molecule has 0 aromatic heterocycles. The monoisotopic (exact) mass is 216 g/mol. The first kappa shape index (κ1) is 16.0. The Morgan fingerprint density at radius 3 is 1.64 bits per heavy atom. The third-order valence-electron chi connectivity index (χ3n) is 1.01. The molecular formula is C5H3F6LiO2. The van der Waals surface area contributed by atoms with Gasteiger partial charge >= 0.3 is 36.7 Å². The normalized spacial score (nSPS) is 11.9. The number of hydrogen-bond acceptors (Lipinski definition) is 2. The van der Waals surface area contributed by atoms with Crippen molar-refractivity contribution in [1.82, 2.24) is 0 Å². The van der Waals surface area contributed by atoms with Crippen molar-refractivity contribution in [2.45, 2.75) is 12.1 Å². The Hall–Kier alpha value is -0.483. The van der Waals surface area contributed by atoms with Gasteiger partial charge in [0.15, 0.2) is 6.67 Å². The third-order valence-corrected chi connectivity index (χ3v) is 1.01. The molecule has 0 saturated carbocycles. The van der Waals surface area contributed by atoms with Crippen LogP contribution in [-0.4, -0.2) is 30.3 Å². The number of carbonyl (C=O) groups excluding carboxylic acids is 2. The molecule has 78 valence electrons. The van der Waals surface area contributed by atoms with Crippen LogP contribution in [0.5, 0.6) is 0 Å². The van der Waals surface area contributed by atoms with E-state index in [1.54, 1.807) is 0 Å². The predicted octanol–water partition coefficient (Wildman–Crippen LogP) is -1.59. The topological polar surface area (TPSA) is 34.1 Å². The molecule has 9 heteroatoms. The zero-order valence-electron chi connectivity index (χ0n) is 7.79. The first-order valence-electron chi connectivity index (χ1n) is 2.72. The molecule has 0 aliphatic carbocycles. The van der Waals surface area contributed by atoms with Crippen molar-refractivity contribution in [2.24, 2.45) is 0 Å². The molecule has 0 atom stereocenters. The number of Topliss-reactive ketones (excluding diaryl/α,β-unsaturated/α-hetero) is 2. The Labute approximate surface area is 87.3 Å². The molecule has 0 rings (SSSR count). The molecule has 0 amide bonds. The van der Waals surface area contributed by atoms with Gasteiger partial charge in [-0.2, -0.15) is 22.0 Å². The van der Waals surface area contributed by atoms with E-state index < -0.39 is 30.3 Å². The van der Waals surface area contributed by atoms with Gasteiger partial charge in [-0.15, -0.1) is 0 Å². The van der Waals surface area contributed by atoms with E-state index in [1.165, 1.54) is 0 Å². The van der Waals surface area contributed by atoms with Gasteiger partial charge in [0.1, 0.15) is 0 Å². The molecule has 0 aromatic rings. The summed E-state index contributed by atoms with van der Waals surface area (Å²) in [6.07, 6.45) is -5.85. The van der Waals surface area contributed by atoms with E-state index in [1.807, 2.05) is 0 Å². The molecule has 0 bridgehead atoms. The summed E-state index contributed by atoms with van der Waals surface area (Å²) in [6.45, 7) is -2.32. The molecule has 0 aliphatic rings. The fourth-order valence-corrected chi connectivity index (χ4v) is 0.389. The van der Waals surface area contributed by atoms with Crippen LogP contribution in [0.4, 0.5) is 26.3 Å². The number of alkyl halides is 6. The molecule has 0 aliphatic heterocycles. The Balaban J connectivity index is -0.000000720. The molecule has 0 spiro atoms. The summed E-state index contributed by atoms with van der Waals surface area (Å²) in [5.74, 6) is -11.6. The van der Waals surface area contributed by atoms with E-state index in [0.29, 0.717) is 0 Å². The minimum Gasteiger partial charge on any atom is -1.00 e. The Bertz CT molecular complexity index is 240. The van der Waals surface area contributed by atoms with Gasteiger partial charge in [0.05, 0.1) is 0 Å². The van der Waals surface area contributed by atoms with Crippen LogP contribution < -0.4 is 18.9 Å². The summed E-state index contributed by atoms with van der Waals surface area (Å²) in [4.78, 5) is 19.7. The van der Waals surface area contributed by atoms with Crippen LogP contribution in [0.25, 0.3) is 0 Å². The zero-order valence-corrected chi connectivity index (χ0v) is 6.79. The summed E-state index contributed by atoms with van der Waals surface area (Å²) in [5, 5.41) is 0. The van der Waals surface area contributed by atoms with Crippen molar-refractivity contribution in [2.75, 3.05) is 6.67 Å². The minimum atomic E-state index is -5.85. The SMILES string of the molecule is O=C(CF)C(F)(F)C(=O)C(F)(F)F.[H-].[Li+]. The number of halogens is 6. The van der Waals surface area contributed by atoms with Crippen molar-refractivity contribution in [3.8, 4) is 0 Å². The molecule has 0 radical (unpaired) electrons. The molecule has 0 N–H and O–H groups in total. The first-order chi connectivity index (χ1) is 5.64. The van der Waals surface area contributed by atoms with Crippen molar-refractivity contribution in [3.63, 3.8) is 0 Å². The Morgan fingerprint density at radius 2 is 1.43 bits per heavy atom. The van der Waals surface area contributed by atoms with E-state index in [4.69, 9.17) is 0 Å². The van der Waals surface area contributed by atoms with Crippen LogP contribution in [0.1, 0.15) is 1.43 Å². The average Bonchev–Trinajstić information content (AvgIpc) is 1.99. The fraction of sp³-hybridized carbons (Fsp3) is 0.600. The smallest absolute Gasteiger partial charge is 1.00 e. The second-order valence-corrected chi connectivity index (χ2v) is 1.96. The standard InChI is InChI=1S/C5H2F6O2.Li.H/c6-1-2(12)4(7,8)3(13)5(9,10)11;;/h1H2;;/q;+1;-1. The van der Waals surface area contributed by atoms with Gasteiger partial charge < -0.3 is 1.43 Å². The molecule has 2 nitrogen and oxygen atoms in total. The van der Waals surface area contributed by atoms with Gasteiger partial charge in [-0.3, -0.25) is 9.59 Å². The average molecular weight is 216 g/mol. The maximum atomic E-state index is 12.0. The van der Waals surface area contributed by atoms with E-state index >= 15 is 0 Å². The van der Waals surface area contributed by atoms with Crippen molar-refractivity contribution in [3.05, 3.63) is 0 Å². The summed E-state index contributed by atoms with van der Waals surface area (Å²) in [6, 6.07) is 0. The van der Waals surface area contributed by atoms with Crippen LogP contribution in [0, 0.1) is 0 Å². The van der Waals surface area contributed by atoms with Gasteiger partial charge in [0.2, 0.25) is 5.78 Å². The summed E-state index contributed by atoms with van der Waals surface area (Å²) < 4.78 is 69.4. The summed E-state index contributed by atoms with van der Waals surface area (Å²) in [5.41, 5.74) is 0. The van der Waals surface area contributed by atoms with Gasteiger partial charge in [-0.25, -0.2) is 4.39 Å². The number of rotatable bonds is 3. The maximum Gasteiger partial charge on any atom is 1.00 e. The van der Waals surface area contributed by atoms with Crippen LogP contribution in [0.2, 0.25) is 0 Å². The predicted molar refractivity (Wildman–Crippen MR) is 28.1 cm³/mol. The first-order valence-corrected chi connectivity index (χ1v) is 2.72. The third kappa shape index (κ3) is 3.34. The van der Waals surface area contributed by atoms with Crippen LogP contribution >= 0.6 is 0 Å². The van der Waals surface area contributed by atoms with Crippen LogP contribution in [0.3, 0.4) is 0 Å². The van der Waals surface area contributed by atoms with Gasteiger partial charge in [0, 0.05) is 0 Å². The van der Waals surface area contributed by atoms with Crippen molar-refractivity contribution < 1.29 is 56.2 Å². The van der Waals surface area contributed by atoms with Crippen LogP contribution in [0.15, 0.2) is 0 Å². The Kier molecular flexibility index (Phi) is 5.52. The Morgan fingerprint density at radius 1 is 1.07 bits per heavy atom. The number of ketones is 2. The molecule has 0 aromatic carbocycles. The fourth-order valence-electron chi connectivity index (χ4n) is 0.389. The van der Waals surface area contributed by atoms with E-state index in [-0.39, 0.29) is 20.3 Å². The minimum absolute atomic E-state index is 0. The van der Waals surface area contributed by atoms with E-state index in [9.17, 15) is 35.9 Å². The largest absolute Gasteiger partial charge is 1.00 e. The molecule has 0 saturated heterocycles. The van der Waals surface area contributed by atoms with E-state index in [0.717, 1.165) is 0 Å². The molecule has 0 fully saturated rings. The molecule has 0 heterocycles. The quantitative estimate of drug-likeness (QED) is 0.323. The van der Waals surface area contributed by atoms with Crippen LogP contribution in [-0.2, 0) is 9.59 Å². The van der Waals surface area contributed by atoms with Gasteiger partial charge in [0.25, 0.3) is 0 Å². The molecule has 14 heavy (non-hydrogen) atoms. The van der Waals surface area contributed by atoms with Crippen molar-refractivity contribution in [1.29, 1.82) is 0 Å². The second-order valence-electron chi connectivity index (χ2n) is 1.96. The maximum absolute atomic E-state index is 12.0. The number of carbonyl (C=O) groups is 2. The number of hydrogen-bond donors (Lipinski definition) is 0. The summed E-state index contributed by atoms with van der Waals surface area (Å²) >= 11 is 0. The second kappa shape index (κ2) is 4.84. The summed E-state index contributed by atoms with van der Waals surface area (Å²) in [7, 11) is 0. The van der Waals surface area contributed by atoms with Gasteiger partial charge in [-0.05, 0) is 0 Å². The molecular weight excluding hydrogens is 213 g/mol. The van der Waals surface area contributed by atoms with E-state index in [2.05, 4.69) is 0 Å². The molecule has 0 unspecified atom stereocenters. The van der Waals surface area contributed by atoms with Gasteiger partial charge in [-0.1, -0.05) is 0 Å². The van der Waals surface area contributed by atoms with Crippen molar-refractivity contribution >= 4 is 11.6 Å². The zero-order chi connectivity index (χ0) is 10.9.